The van der Waals surface area contributed by atoms with E-state index in [1.54, 1.807) is 0 Å². The lowest BCUT2D eigenvalue weighted by Gasteiger charge is -2.09. The number of rotatable bonds is 5. The fraction of sp³-hybridized carbons (Fsp3) is 0.833. The number of thiol groups is 1. The number of ether oxygens (including phenoxy) is 1. The van der Waals surface area contributed by atoms with Gasteiger partial charge in [0.05, 0.1) is 12.7 Å². The number of carbonyl (C=O) groups is 1. The molecule has 0 aromatic carbocycles. The molecule has 2 N–H and O–H groups in total. The summed E-state index contributed by atoms with van der Waals surface area (Å²) in [6, 6.07) is -0.553. The third-order valence-electron chi connectivity index (χ3n) is 1.47. The number of hydrogen-bond donors (Lipinski definition) is 3. The Hall–Kier alpha value is -0.260. The quantitative estimate of drug-likeness (QED) is 0.386. The van der Waals surface area contributed by atoms with E-state index in [4.69, 9.17) is 9.84 Å². The van der Waals surface area contributed by atoms with E-state index in [0.29, 0.717) is 12.3 Å². The van der Waals surface area contributed by atoms with Crippen LogP contribution >= 0.6 is 12.6 Å². The standard InChI is InChI=1S/C6H11NO3S/c8-6(9)5(3-11)7-1-4-2-10-4/h4-5,7,11H,1-3H2,(H,8,9)/t4?,5-/m0/s1. The van der Waals surface area contributed by atoms with E-state index >= 15 is 0 Å². The maximum absolute atomic E-state index is 10.4. The Morgan fingerprint density at radius 2 is 2.55 bits per heavy atom. The van der Waals surface area contributed by atoms with Crippen LogP contribution in [0.2, 0.25) is 0 Å². The minimum Gasteiger partial charge on any atom is -0.480 e. The smallest absolute Gasteiger partial charge is 0.321 e. The van der Waals surface area contributed by atoms with Crippen LogP contribution in [0, 0.1) is 0 Å². The molecule has 5 heteroatoms. The van der Waals surface area contributed by atoms with Crippen molar-refractivity contribution in [2.75, 3.05) is 18.9 Å². The molecule has 1 unspecified atom stereocenters. The molecule has 0 amide bonds. The van der Waals surface area contributed by atoms with Gasteiger partial charge in [0.2, 0.25) is 0 Å². The van der Waals surface area contributed by atoms with Crippen molar-refractivity contribution < 1.29 is 14.6 Å². The second-order valence-corrected chi connectivity index (χ2v) is 2.80. The fourth-order valence-electron chi connectivity index (χ4n) is 0.690. The van der Waals surface area contributed by atoms with Gasteiger partial charge in [0, 0.05) is 12.3 Å². The Labute approximate surface area is 70.3 Å². The molecule has 0 saturated carbocycles. The van der Waals surface area contributed by atoms with Gasteiger partial charge in [-0.15, -0.1) is 0 Å². The van der Waals surface area contributed by atoms with Gasteiger partial charge in [-0.25, -0.2) is 0 Å². The molecule has 1 heterocycles. The van der Waals surface area contributed by atoms with Crippen molar-refractivity contribution in [3.05, 3.63) is 0 Å². The number of carboxylic acid groups (broad SMARTS) is 1. The average molecular weight is 177 g/mol. The molecule has 1 aliphatic rings. The first-order valence-electron chi connectivity index (χ1n) is 3.42. The van der Waals surface area contributed by atoms with E-state index in [2.05, 4.69) is 17.9 Å². The number of nitrogens with one attached hydrogen (secondary N) is 1. The molecule has 0 aromatic heterocycles. The van der Waals surface area contributed by atoms with Gasteiger partial charge in [-0.3, -0.25) is 4.79 Å². The van der Waals surface area contributed by atoms with Crippen LogP contribution in [0.15, 0.2) is 0 Å². The van der Waals surface area contributed by atoms with Gasteiger partial charge in [-0.1, -0.05) is 0 Å². The topological polar surface area (TPSA) is 61.9 Å². The first kappa shape index (κ1) is 8.83. The fourth-order valence-corrected chi connectivity index (χ4v) is 0.975. The summed E-state index contributed by atoms with van der Waals surface area (Å²) in [4.78, 5) is 10.4. The molecule has 0 radical (unpaired) electrons. The van der Waals surface area contributed by atoms with Crippen LogP contribution in [0.5, 0.6) is 0 Å². The van der Waals surface area contributed by atoms with Crippen LogP contribution in [-0.2, 0) is 9.53 Å². The highest BCUT2D eigenvalue weighted by Gasteiger charge is 2.24. The second kappa shape index (κ2) is 3.94. The van der Waals surface area contributed by atoms with Gasteiger partial charge in [0.1, 0.15) is 6.04 Å². The van der Waals surface area contributed by atoms with E-state index in [9.17, 15) is 4.79 Å². The van der Waals surface area contributed by atoms with Gasteiger partial charge in [-0.2, -0.15) is 12.6 Å². The van der Waals surface area contributed by atoms with Crippen molar-refractivity contribution in [3.8, 4) is 0 Å². The Morgan fingerprint density at radius 3 is 2.91 bits per heavy atom. The summed E-state index contributed by atoms with van der Waals surface area (Å²) in [5.74, 6) is -0.553. The third kappa shape index (κ3) is 3.09. The normalized spacial score (nSPS) is 24.6. The predicted octanol–water partition coefficient (Wildman–Crippen LogP) is -0.642. The molecule has 0 aromatic rings. The minimum atomic E-state index is -0.861. The zero-order valence-electron chi connectivity index (χ0n) is 5.99. The van der Waals surface area contributed by atoms with Crippen LogP contribution in [0.3, 0.4) is 0 Å². The van der Waals surface area contributed by atoms with Gasteiger partial charge in [-0.05, 0) is 0 Å². The minimum absolute atomic E-state index is 0.219. The molecule has 0 bridgehead atoms. The van der Waals surface area contributed by atoms with Gasteiger partial charge < -0.3 is 15.2 Å². The van der Waals surface area contributed by atoms with Crippen LogP contribution in [0.1, 0.15) is 0 Å². The highest BCUT2D eigenvalue weighted by molar-refractivity contribution is 7.80. The Bertz CT molecular complexity index is 149. The van der Waals surface area contributed by atoms with Crippen molar-refractivity contribution in [3.63, 3.8) is 0 Å². The number of epoxide rings is 1. The zero-order valence-corrected chi connectivity index (χ0v) is 6.88. The van der Waals surface area contributed by atoms with E-state index in [1.165, 1.54) is 0 Å². The summed E-state index contributed by atoms with van der Waals surface area (Å²) in [6.45, 7) is 1.35. The maximum atomic E-state index is 10.4. The molecule has 64 valence electrons. The Balaban J connectivity index is 2.13. The summed E-state index contributed by atoms with van der Waals surface area (Å²) in [5, 5.41) is 11.4. The first-order chi connectivity index (χ1) is 5.24. The zero-order chi connectivity index (χ0) is 8.27. The number of hydrogen-bond acceptors (Lipinski definition) is 4. The number of carboxylic acids is 1. The van der Waals surface area contributed by atoms with E-state index < -0.39 is 12.0 Å². The summed E-state index contributed by atoms with van der Waals surface area (Å²) in [6.07, 6.45) is 0.219. The Morgan fingerprint density at radius 1 is 1.91 bits per heavy atom. The van der Waals surface area contributed by atoms with E-state index in [0.717, 1.165) is 6.61 Å². The molecule has 1 aliphatic heterocycles. The lowest BCUT2D eigenvalue weighted by molar-refractivity contribution is -0.138. The van der Waals surface area contributed by atoms with Crippen LogP contribution < -0.4 is 5.32 Å². The third-order valence-corrected chi connectivity index (χ3v) is 1.84. The lowest BCUT2D eigenvalue weighted by atomic mass is 10.3. The second-order valence-electron chi connectivity index (χ2n) is 2.44. The summed E-state index contributed by atoms with van der Waals surface area (Å²) in [7, 11) is 0. The lowest BCUT2D eigenvalue weighted by Crippen LogP contribution is -2.40. The monoisotopic (exact) mass is 177 g/mol. The first-order valence-corrected chi connectivity index (χ1v) is 4.06. The summed E-state index contributed by atoms with van der Waals surface area (Å²) >= 11 is 3.89. The summed E-state index contributed by atoms with van der Waals surface area (Å²) in [5.41, 5.74) is 0. The summed E-state index contributed by atoms with van der Waals surface area (Å²) < 4.78 is 4.90. The highest BCUT2D eigenvalue weighted by Crippen LogP contribution is 2.06. The SMILES string of the molecule is O=C(O)[C@H](CS)NCC1CO1. The van der Waals surface area contributed by atoms with Crippen molar-refractivity contribution in [2.24, 2.45) is 0 Å². The van der Waals surface area contributed by atoms with Gasteiger partial charge in [0.25, 0.3) is 0 Å². The van der Waals surface area contributed by atoms with Crippen molar-refractivity contribution in [1.29, 1.82) is 0 Å². The number of aliphatic carboxylic acids is 1. The average Bonchev–Trinajstić information content (AvgIpc) is 2.72. The molecule has 1 rings (SSSR count). The van der Waals surface area contributed by atoms with E-state index in [-0.39, 0.29) is 6.10 Å². The van der Waals surface area contributed by atoms with Crippen LogP contribution in [0.4, 0.5) is 0 Å². The van der Waals surface area contributed by atoms with Gasteiger partial charge in [0.15, 0.2) is 0 Å². The van der Waals surface area contributed by atoms with Crippen molar-refractivity contribution in [2.45, 2.75) is 12.1 Å². The Kier molecular flexibility index (Phi) is 3.16. The van der Waals surface area contributed by atoms with E-state index in [1.807, 2.05) is 0 Å². The molecule has 11 heavy (non-hydrogen) atoms. The van der Waals surface area contributed by atoms with Crippen LogP contribution in [0.25, 0.3) is 0 Å². The van der Waals surface area contributed by atoms with Crippen molar-refractivity contribution in [1.82, 2.24) is 5.32 Å². The molecule has 2 atom stereocenters. The molecule has 1 saturated heterocycles. The highest BCUT2D eigenvalue weighted by atomic mass is 32.1. The largest absolute Gasteiger partial charge is 0.480 e. The van der Waals surface area contributed by atoms with Crippen molar-refractivity contribution >= 4 is 18.6 Å². The molecular formula is C6H11NO3S. The van der Waals surface area contributed by atoms with Crippen LogP contribution in [-0.4, -0.2) is 42.1 Å². The molecular weight excluding hydrogens is 166 g/mol. The molecule has 0 spiro atoms. The predicted molar refractivity (Wildman–Crippen MR) is 43.0 cm³/mol. The maximum Gasteiger partial charge on any atom is 0.321 e. The van der Waals surface area contributed by atoms with Gasteiger partial charge >= 0.3 is 5.97 Å². The molecule has 0 aliphatic carbocycles. The molecule has 4 nitrogen and oxygen atoms in total. The molecule has 1 fully saturated rings.